The molecule has 4 saturated carbocycles. The zero-order valence-corrected chi connectivity index (χ0v) is 20.7. The van der Waals surface area contributed by atoms with Gasteiger partial charge in [0.1, 0.15) is 0 Å². The van der Waals surface area contributed by atoms with Gasteiger partial charge in [-0.2, -0.15) is 8.42 Å². The van der Waals surface area contributed by atoms with Crippen molar-refractivity contribution in [2.75, 3.05) is 12.3 Å². The Morgan fingerprint density at radius 2 is 1.78 bits per heavy atom. The second-order valence-electron chi connectivity index (χ2n) is 11.9. The molecule has 4 aliphatic rings. The first-order valence-corrected chi connectivity index (χ1v) is 14.6. The van der Waals surface area contributed by atoms with Gasteiger partial charge in [-0.3, -0.25) is 9.35 Å². The van der Waals surface area contributed by atoms with Crippen LogP contribution in [0, 0.1) is 40.4 Å². The van der Waals surface area contributed by atoms with Crippen LogP contribution in [0.4, 0.5) is 0 Å². The summed E-state index contributed by atoms with van der Waals surface area (Å²) in [5, 5.41) is 13.9. The minimum atomic E-state index is -4.04. The van der Waals surface area contributed by atoms with Crippen molar-refractivity contribution in [3.8, 4) is 0 Å². The largest absolute Gasteiger partial charge is 0.393 e. The van der Waals surface area contributed by atoms with Crippen LogP contribution < -0.4 is 5.32 Å². The number of aliphatic hydroxyl groups is 1. The molecule has 0 spiro atoms. The highest BCUT2D eigenvalue weighted by molar-refractivity contribution is 7.85. The lowest BCUT2D eigenvalue weighted by Crippen LogP contribution is -2.57. The number of carbonyl (C=O) groups is 1. The van der Waals surface area contributed by atoms with Gasteiger partial charge in [0.25, 0.3) is 10.1 Å². The minimum absolute atomic E-state index is 0.0401. The Balaban J connectivity index is 1.34. The molecule has 32 heavy (non-hydrogen) atoms. The highest BCUT2D eigenvalue weighted by Gasteiger charge is 2.61. The third-order valence-electron chi connectivity index (χ3n) is 10.4. The van der Waals surface area contributed by atoms with E-state index >= 15 is 0 Å². The van der Waals surface area contributed by atoms with Crippen LogP contribution in [0.2, 0.25) is 0 Å². The van der Waals surface area contributed by atoms with Gasteiger partial charge in [0.15, 0.2) is 0 Å². The first-order valence-electron chi connectivity index (χ1n) is 12.9. The third-order valence-corrected chi connectivity index (χ3v) is 11.2. The Kier molecular flexibility index (Phi) is 7.02. The molecule has 8 unspecified atom stereocenters. The van der Waals surface area contributed by atoms with E-state index in [1.54, 1.807) is 0 Å². The molecule has 8 atom stereocenters. The van der Waals surface area contributed by atoms with Crippen LogP contribution in [-0.2, 0) is 14.9 Å². The molecular formula is C25H43NO5S. The lowest BCUT2D eigenvalue weighted by Gasteiger charge is -2.62. The molecule has 0 saturated heterocycles. The molecule has 4 fully saturated rings. The standard InChI is InChI=1S/C25H43NO5S/c1-24-12-4-3-6-18(24)16-21(27)23-19-10-9-17(25(19,2)13-11-20(23)24)7-5-8-22(28)26-14-15-32(29,30)31/h17-21,23,27H,3-16H2,1-2H3,(H,26,28)(H,29,30,31). The van der Waals surface area contributed by atoms with Crippen molar-refractivity contribution in [2.24, 2.45) is 40.4 Å². The van der Waals surface area contributed by atoms with Crippen LogP contribution in [0.25, 0.3) is 0 Å². The number of hydrogen-bond donors (Lipinski definition) is 3. The predicted molar refractivity (Wildman–Crippen MR) is 125 cm³/mol. The molecule has 0 heterocycles. The molecule has 0 radical (unpaired) electrons. The molecule has 0 aliphatic heterocycles. The summed E-state index contributed by atoms with van der Waals surface area (Å²) < 4.78 is 30.3. The first kappa shape index (κ1) is 24.5. The molecule has 4 aliphatic carbocycles. The van der Waals surface area contributed by atoms with Gasteiger partial charge in [0, 0.05) is 13.0 Å². The minimum Gasteiger partial charge on any atom is -0.393 e. The van der Waals surface area contributed by atoms with Crippen LogP contribution in [0.1, 0.15) is 90.9 Å². The molecule has 4 rings (SSSR count). The van der Waals surface area contributed by atoms with E-state index in [9.17, 15) is 18.3 Å². The van der Waals surface area contributed by atoms with Gasteiger partial charge >= 0.3 is 0 Å². The summed E-state index contributed by atoms with van der Waals surface area (Å²) in [6.07, 6.45) is 13.3. The maximum absolute atomic E-state index is 12.0. The number of aliphatic hydroxyl groups excluding tert-OH is 1. The van der Waals surface area contributed by atoms with E-state index in [1.807, 2.05) is 0 Å². The molecule has 0 aromatic carbocycles. The van der Waals surface area contributed by atoms with Crippen molar-refractivity contribution in [1.29, 1.82) is 0 Å². The number of carbonyl (C=O) groups excluding carboxylic acids is 1. The van der Waals surface area contributed by atoms with E-state index in [0.29, 0.717) is 41.4 Å². The number of rotatable bonds is 7. The van der Waals surface area contributed by atoms with E-state index in [0.717, 1.165) is 19.3 Å². The Morgan fingerprint density at radius 1 is 1.03 bits per heavy atom. The lowest BCUT2D eigenvalue weighted by molar-refractivity contribution is -0.162. The van der Waals surface area contributed by atoms with E-state index < -0.39 is 15.9 Å². The van der Waals surface area contributed by atoms with E-state index in [1.165, 1.54) is 51.4 Å². The molecule has 184 valence electrons. The quantitative estimate of drug-likeness (QED) is 0.485. The van der Waals surface area contributed by atoms with Crippen LogP contribution in [0.5, 0.6) is 0 Å². The molecule has 1 amide bonds. The van der Waals surface area contributed by atoms with Gasteiger partial charge in [-0.1, -0.05) is 26.7 Å². The molecular weight excluding hydrogens is 426 g/mol. The zero-order valence-electron chi connectivity index (χ0n) is 19.9. The molecule has 3 N–H and O–H groups in total. The van der Waals surface area contributed by atoms with E-state index in [2.05, 4.69) is 19.2 Å². The number of nitrogens with one attached hydrogen (secondary N) is 1. The van der Waals surface area contributed by atoms with E-state index in [4.69, 9.17) is 4.55 Å². The number of amides is 1. The third kappa shape index (κ3) is 4.63. The fraction of sp³-hybridized carbons (Fsp3) is 0.960. The summed E-state index contributed by atoms with van der Waals surface area (Å²) >= 11 is 0. The van der Waals surface area contributed by atoms with Crippen LogP contribution in [0.15, 0.2) is 0 Å². The Hall–Kier alpha value is -0.660. The summed E-state index contributed by atoms with van der Waals surface area (Å²) in [6.45, 7) is 4.96. The predicted octanol–water partition coefficient (Wildman–Crippen LogP) is 4.18. The zero-order chi connectivity index (χ0) is 23.1. The Bertz CT molecular complexity index is 800. The SMILES string of the molecule is CC12CCC3C(C(O)CC4CCCCC43C)C1CCC2CCCC(=O)NCCS(=O)(=O)O. The fourth-order valence-corrected chi connectivity index (χ4v) is 9.11. The van der Waals surface area contributed by atoms with Crippen molar-refractivity contribution in [2.45, 2.75) is 97.0 Å². The van der Waals surface area contributed by atoms with Crippen LogP contribution >= 0.6 is 0 Å². The summed E-state index contributed by atoms with van der Waals surface area (Å²) in [4.78, 5) is 12.0. The maximum atomic E-state index is 12.0. The van der Waals surface area contributed by atoms with E-state index in [-0.39, 0.29) is 24.0 Å². The molecule has 6 nitrogen and oxygen atoms in total. The highest BCUT2D eigenvalue weighted by atomic mass is 32.2. The van der Waals surface area contributed by atoms with Gasteiger partial charge in [-0.05, 0) is 98.2 Å². The normalized spacial score (nSPS) is 43.8. The number of fused-ring (bicyclic) bond motifs is 5. The van der Waals surface area contributed by atoms with Crippen LogP contribution in [-0.4, -0.2) is 42.4 Å². The van der Waals surface area contributed by atoms with Gasteiger partial charge in [-0.25, -0.2) is 0 Å². The monoisotopic (exact) mass is 469 g/mol. The number of hydrogen-bond acceptors (Lipinski definition) is 4. The van der Waals surface area contributed by atoms with Crippen LogP contribution in [0.3, 0.4) is 0 Å². The van der Waals surface area contributed by atoms with Crippen molar-refractivity contribution in [1.82, 2.24) is 5.32 Å². The molecule has 0 aromatic rings. The van der Waals surface area contributed by atoms with Crippen molar-refractivity contribution in [3.63, 3.8) is 0 Å². The second kappa shape index (κ2) is 9.18. The fourth-order valence-electron chi connectivity index (χ4n) is 8.75. The molecule has 7 heteroatoms. The van der Waals surface area contributed by atoms with Gasteiger partial charge in [0.2, 0.25) is 5.91 Å². The van der Waals surface area contributed by atoms with Gasteiger partial charge in [-0.15, -0.1) is 0 Å². The lowest BCUT2D eigenvalue weighted by atomic mass is 9.44. The summed E-state index contributed by atoms with van der Waals surface area (Å²) in [5.74, 6) is 2.44. The van der Waals surface area contributed by atoms with Crippen molar-refractivity contribution >= 4 is 16.0 Å². The molecule has 0 aromatic heterocycles. The average molecular weight is 470 g/mol. The highest BCUT2D eigenvalue weighted by Crippen LogP contribution is 2.67. The Morgan fingerprint density at radius 3 is 2.53 bits per heavy atom. The molecule has 0 bridgehead atoms. The topological polar surface area (TPSA) is 104 Å². The van der Waals surface area contributed by atoms with Crippen molar-refractivity contribution < 1.29 is 22.9 Å². The first-order chi connectivity index (χ1) is 15.0. The van der Waals surface area contributed by atoms with Gasteiger partial charge < -0.3 is 10.4 Å². The summed E-state index contributed by atoms with van der Waals surface area (Å²) in [5.41, 5.74) is 0.684. The second-order valence-corrected chi connectivity index (χ2v) is 13.5. The smallest absolute Gasteiger partial charge is 0.266 e. The van der Waals surface area contributed by atoms with Crippen molar-refractivity contribution in [3.05, 3.63) is 0 Å². The van der Waals surface area contributed by atoms with Gasteiger partial charge in [0.05, 0.1) is 11.9 Å². The average Bonchev–Trinajstić information content (AvgIpc) is 3.04. The Labute approximate surface area is 194 Å². The summed E-state index contributed by atoms with van der Waals surface area (Å²) in [6, 6.07) is 0. The maximum Gasteiger partial charge on any atom is 0.266 e. The summed E-state index contributed by atoms with van der Waals surface area (Å²) in [7, 11) is -4.04.